The molecule has 0 atom stereocenters. The van der Waals surface area contributed by atoms with Gasteiger partial charge in [0.2, 0.25) is 0 Å². The van der Waals surface area contributed by atoms with E-state index in [0.717, 1.165) is 24.5 Å². The molecule has 1 aliphatic carbocycles. The molecule has 1 aromatic heterocycles. The lowest BCUT2D eigenvalue weighted by Crippen LogP contribution is -2.38. The molecule has 0 fully saturated rings. The van der Waals surface area contributed by atoms with Crippen LogP contribution in [0.25, 0.3) is 0 Å². The molecule has 0 saturated carbocycles. The van der Waals surface area contributed by atoms with Gasteiger partial charge in [0, 0.05) is 24.5 Å². The second kappa shape index (κ2) is 10.5. The van der Waals surface area contributed by atoms with Gasteiger partial charge >= 0.3 is 0 Å². The number of hydrogen-bond acceptors (Lipinski definition) is 3. The molecule has 1 aromatic carbocycles. The Morgan fingerprint density at radius 3 is 2.77 bits per heavy atom. The highest BCUT2D eigenvalue weighted by Crippen LogP contribution is 2.27. The van der Waals surface area contributed by atoms with Gasteiger partial charge in [0.25, 0.3) is 0 Å². The molecule has 0 bridgehead atoms. The maximum Gasteiger partial charge on any atom is 0.194 e. The van der Waals surface area contributed by atoms with Crippen LogP contribution in [0.1, 0.15) is 34.0 Å². The van der Waals surface area contributed by atoms with Crippen molar-refractivity contribution >= 4 is 41.3 Å². The Kier molecular flexibility index (Phi) is 8.39. The van der Waals surface area contributed by atoms with E-state index in [9.17, 15) is 0 Å². The highest BCUT2D eigenvalue weighted by molar-refractivity contribution is 14.0. The molecule has 138 valence electrons. The molecular weight excluding hydrogens is 455 g/mol. The summed E-state index contributed by atoms with van der Waals surface area (Å²) in [6.45, 7) is 1.35. The van der Waals surface area contributed by atoms with E-state index in [1.807, 2.05) is 48.7 Å². The fourth-order valence-electron chi connectivity index (χ4n) is 2.93. The molecule has 26 heavy (non-hydrogen) atoms. The molecule has 0 spiro atoms. The monoisotopic (exact) mass is 480 g/mol. The summed E-state index contributed by atoms with van der Waals surface area (Å²) in [6.07, 6.45) is 4.90. The molecular formula is C20H25IN4S. The van der Waals surface area contributed by atoms with E-state index in [1.165, 1.54) is 34.8 Å². The number of rotatable bonds is 3. The van der Waals surface area contributed by atoms with Crippen molar-refractivity contribution in [3.63, 3.8) is 0 Å². The van der Waals surface area contributed by atoms with E-state index in [0.29, 0.717) is 6.54 Å². The van der Waals surface area contributed by atoms with Gasteiger partial charge in [-0.05, 0) is 37.8 Å². The normalized spacial score (nSPS) is 13.1. The van der Waals surface area contributed by atoms with E-state index in [4.69, 9.17) is 4.98 Å². The Morgan fingerprint density at radius 2 is 2.04 bits per heavy atom. The minimum absolute atomic E-state index is 0. The molecule has 0 radical (unpaired) electrons. The second-order valence-electron chi connectivity index (χ2n) is 6.11. The number of guanidine groups is 1. The summed E-state index contributed by atoms with van der Waals surface area (Å²) < 4.78 is 0. The first-order valence-electron chi connectivity index (χ1n) is 8.69. The molecule has 1 heterocycles. The second-order valence-corrected chi connectivity index (χ2v) is 7.28. The summed E-state index contributed by atoms with van der Waals surface area (Å²) in [5.74, 6) is 7.14. The SMILES string of the molecule is CN=C(NCC#Cc1ccccc1)N(C)Cc1nc2c(s1)CCCC2.I. The summed E-state index contributed by atoms with van der Waals surface area (Å²) >= 11 is 1.85. The minimum atomic E-state index is 0. The Bertz CT molecular complexity index is 766. The quantitative estimate of drug-likeness (QED) is 0.315. The lowest BCUT2D eigenvalue weighted by atomic mass is 10.0. The average molecular weight is 480 g/mol. The van der Waals surface area contributed by atoms with Gasteiger partial charge in [-0.25, -0.2) is 4.98 Å². The first-order valence-corrected chi connectivity index (χ1v) is 9.51. The summed E-state index contributed by atoms with van der Waals surface area (Å²) in [6, 6.07) is 10.0. The standard InChI is InChI=1S/C20H24N4S.HI/c1-21-20(22-14-8-11-16-9-4-3-5-10-16)24(2)15-19-23-17-12-6-7-13-18(17)25-19;/h3-5,9-10H,6-7,12-15H2,1-2H3,(H,21,22);1H. The predicted octanol–water partition coefficient (Wildman–Crippen LogP) is 3.70. The summed E-state index contributed by atoms with van der Waals surface area (Å²) in [7, 11) is 3.84. The van der Waals surface area contributed by atoms with Gasteiger partial charge in [-0.2, -0.15) is 0 Å². The van der Waals surface area contributed by atoms with Crippen LogP contribution in [0.2, 0.25) is 0 Å². The summed E-state index contributed by atoms with van der Waals surface area (Å²) in [5.41, 5.74) is 2.34. The molecule has 1 aliphatic rings. The van der Waals surface area contributed by atoms with Gasteiger partial charge in [0.15, 0.2) is 5.96 Å². The van der Waals surface area contributed by atoms with E-state index in [-0.39, 0.29) is 24.0 Å². The van der Waals surface area contributed by atoms with E-state index >= 15 is 0 Å². The Morgan fingerprint density at radius 1 is 1.27 bits per heavy atom. The fourth-order valence-corrected chi connectivity index (χ4v) is 4.14. The van der Waals surface area contributed by atoms with Crippen molar-refractivity contribution < 1.29 is 0 Å². The molecule has 2 aromatic rings. The minimum Gasteiger partial charge on any atom is -0.345 e. The largest absolute Gasteiger partial charge is 0.345 e. The third kappa shape index (κ3) is 5.71. The Hall–Kier alpha value is -1.59. The number of nitrogens with one attached hydrogen (secondary N) is 1. The number of nitrogens with zero attached hydrogens (tertiary/aromatic N) is 3. The first-order chi connectivity index (χ1) is 12.3. The molecule has 4 nitrogen and oxygen atoms in total. The lowest BCUT2D eigenvalue weighted by Gasteiger charge is -2.19. The van der Waals surface area contributed by atoms with E-state index in [2.05, 4.69) is 27.0 Å². The maximum atomic E-state index is 4.81. The highest BCUT2D eigenvalue weighted by atomic mass is 127. The molecule has 0 unspecified atom stereocenters. The average Bonchev–Trinajstić information content (AvgIpc) is 3.04. The van der Waals surface area contributed by atoms with E-state index < -0.39 is 0 Å². The molecule has 0 amide bonds. The number of aryl methyl sites for hydroxylation is 2. The Labute approximate surface area is 177 Å². The number of aliphatic imine (C=N–C) groups is 1. The van der Waals surface area contributed by atoms with Crippen LogP contribution >= 0.6 is 35.3 Å². The highest BCUT2D eigenvalue weighted by Gasteiger charge is 2.16. The van der Waals surface area contributed by atoms with Crippen LogP contribution in [0.5, 0.6) is 0 Å². The number of halogens is 1. The van der Waals surface area contributed by atoms with Crippen molar-refractivity contribution in [3.05, 3.63) is 51.5 Å². The van der Waals surface area contributed by atoms with Gasteiger partial charge in [-0.3, -0.25) is 4.99 Å². The molecule has 0 saturated heterocycles. The van der Waals surface area contributed by atoms with Crippen LogP contribution in [0.15, 0.2) is 35.3 Å². The third-order valence-corrected chi connectivity index (χ3v) is 5.32. The van der Waals surface area contributed by atoms with Crippen molar-refractivity contribution in [2.75, 3.05) is 20.6 Å². The molecule has 3 rings (SSSR count). The Balaban J connectivity index is 0.00000243. The van der Waals surface area contributed by atoms with Crippen LogP contribution in [0.4, 0.5) is 0 Å². The van der Waals surface area contributed by atoms with Crippen LogP contribution in [-0.2, 0) is 19.4 Å². The zero-order chi connectivity index (χ0) is 17.5. The lowest BCUT2D eigenvalue weighted by molar-refractivity contribution is 0.478. The number of aromatic nitrogens is 1. The zero-order valence-corrected chi connectivity index (χ0v) is 18.4. The van der Waals surface area contributed by atoms with E-state index in [1.54, 1.807) is 7.05 Å². The summed E-state index contributed by atoms with van der Waals surface area (Å²) in [5, 5.41) is 4.47. The first kappa shape index (κ1) is 20.7. The van der Waals surface area contributed by atoms with Gasteiger partial charge in [-0.15, -0.1) is 35.3 Å². The summed E-state index contributed by atoms with van der Waals surface area (Å²) in [4.78, 5) is 12.7. The maximum absolute atomic E-state index is 4.81. The van der Waals surface area contributed by atoms with Crippen molar-refractivity contribution in [3.8, 4) is 11.8 Å². The van der Waals surface area contributed by atoms with Crippen molar-refractivity contribution in [2.45, 2.75) is 32.2 Å². The van der Waals surface area contributed by atoms with Gasteiger partial charge in [0.1, 0.15) is 5.01 Å². The number of fused-ring (bicyclic) bond motifs is 1. The van der Waals surface area contributed by atoms with Crippen LogP contribution in [-0.4, -0.2) is 36.5 Å². The zero-order valence-electron chi connectivity index (χ0n) is 15.3. The fraction of sp³-hybridized carbons (Fsp3) is 0.400. The number of benzene rings is 1. The topological polar surface area (TPSA) is 40.5 Å². The predicted molar refractivity (Wildman–Crippen MR) is 120 cm³/mol. The van der Waals surface area contributed by atoms with Crippen molar-refractivity contribution in [2.24, 2.45) is 4.99 Å². The smallest absolute Gasteiger partial charge is 0.194 e. The molecule has 0 aliphatic heterocycles. The van der Waals surface area contributed by atoms with Crippen molar-refractivity contribution in [1.29, 1.82) is 0 Å². The van der Waals surface area contributed by atoms with Crippen LogP contribution in [0, 0.1) is 11.8 Å². The van der Waals surface area contributed by atoms with Gasteiger partial charge < -0.3 is 10.2 Å². The van der Waals surface area contributed by atoms with Crippen LogP contribution < -0.4 is 5.32 Å². The number of thiazole rings is 1. The van der Waals surface area contributed by atoms with Gasteiger partial charge in [0.05, 0.1) is 18.8 Å². The third-order valence-electron chi connectivity index (χ3n) is 4.18. The molecule has 6 heteroatoms. The molecule has 1 N–H and O–H groups in total. The van der Waals surface area contributed by atoms with Crippen molar-refractivity contribution in [1.82, 2.24) is 15.2 Å². The number of hydrogen-bond donors (Lipinski definition) is 1. The van der Waals surface area contributed by atoms with Gasteiger partial charge in [-0.1, -0.05) is 30.0 Å². The van der Waals surface area contributed by atoms with Crippen LogP contribution in [0.3, 0.4) is 0 Å².